The highest BCUT2D eigenvalue weighted by atomic mass is 16.5. The Morgan fingerprint density at radius 3 is 2.35 bits per heavy atom. The molecular formula is C20H23N5O. The summed E-state index contributed by atoms with van der Waals surface area (Å²) in [5.74, 6) is 2.05. The van der Waals surface area contributed by atoms with Crippen molar-refractivity contribution in [3.8, 4) is 5.75 Å². The van der Waals surface area contributed by atoms with Gasteiger partial charge in [0.05, 0.1) is 7.11 Å². The fraction of sp³-hybridized carbons (Fsp3) is 0.200. The fourth-order valence-electron chi connectivity index (χ4n) is 2.51. The van der Waals surface area contributed by atoms with Crippen LogP contribution in [-0.2, 0) is 0 Å². The Bertz CT molecular complexity index is 878. The van der Waals surface area contributed by atoms with Gasteiger partial charge in [-0.05, 0) is 43.3 Å². The number of hydrogen-bond donors (Lipinski definition) is 2. The number of aromatic nitrogens is 2. The van der Waals surface area contributed by atoms with Gasteiger partial charge < -0.3 is 20.3 Å². The van der Waals surface area contributed by atoms with Crippen molar-refractivity contribution in [3.05, 3.63) is 60.3 Å². The lowest BCUT2D eigenvalue weighted by atomic mass is 10.2. The molecule has 0 amide bonds. The SMILES string of the molecule is COc1cccc(Nc2nc(C)cc(Nc3ccc(N(C)C)cc3)n2)c1. The van der Waals surface area contributed by atoms with Crippen LogP contribution in [0.2, 0.25) is 0 Å². The molecule has 0 saturated carbocycles. The van der Waals surface area contributed by atoms with Crippen LogP contribution in [0.5, 0.6) is 5.75 Å². The second-order valence-electron chi connectivity index (χ2n) is 6.14. The molecule has 3 rings (SSSR count). The van der Waals surface area contributed by atoms with E-state index < -0.39 is 0 Å². The number of rotatable bonds is 6. The van der Waals surface area contributed by atoms with Crippen LogP contribution >= 0.6 is 0 Å². The summed E-state index contributed by atoms with van der Waals surface area (Å²) in [6, 6.07) is 17.8. The highest BCUT2D eigenvalue weighted by Gasteiger charge is 2.05. The Labute approximate surface area is 153 Å². The summed E-state index contributed by atoms with van der Waals surface area (Å²) in [6.07, 6.45) is 0. The molecule has 6 heteroatoms. The molecule has 26 heavy (non-hydrogen) atoms. The molecule has 0 aliphatic carbocycles. The largest absolute Gasteiger partial charge is 0.497 e. The second kappa shape index (κ2) is 7.74. The molecule has 0 spiro atoms. The minimum atomic E-state index is 0.533. The molecule has 0 fully saturated rings. The first kappa shape index (κ1) is 17.5. The van der Waals surface area contributed by atoms with Gasteiger partial charge in [0.1, 0.15) is 11.6 Å². The third-order valence-electron chi connectivity index (χ3n) is 3.84. The number of hydrogen-bond acceptors (Lipinski definition) is 6. The van der Waals surface area contributed by atoms with Gasteiger partial charge in [-0.25, -0.2) is 4.98 Å². The monoisotopic (exact) mass is 349 g/mol. The quantitative estimate of drug-likeness (QED) is 0.690. The second-order valence-corrected chi connectivity index (χ2v) is 6.14. The van der Waals surface area contributed by atoms with Gasteiger partial charge in [-0.1, -0.05) is 6.07 Å². The minimum absolute atomic E-state index is 0.533. The molecule has 3 aromatic rings. The predicted molar refractivity (Wildman–Crippen MR) is 107 cm³/mol. The van der Waals surface area contributed by atoms with E-state index in [1.165, 1.54) is 0 Å². The van der Waals surface area contributed by atoms with Crippen molar-refractivity contribution >= 4 is 28.8 Å². The lowest BCUT2D eigenvalue weighted by molar-refractivity contribution is 0.415. The molecule has 6 nitrogen and oxygen atoms in total. The molecule has 1 heterocycles. The zero-order chi connectivity index (χ0) is 18.5. The van der Waals surface area contributed by atoms with Crippen LogP contribution in [0.1, 0.15) is 5.69 Å². The van der Waals surface area contributed by atoms with Crippen molar-refractivity contribution in [1.29, 1.82) is 0 Å². The third kappa shape index (κ3) is 4.42. The fourth-order valence-corrected chi connectivity index (χ4v) is 2.51. The van der Waals surface area contributed by atoms with E-state index in [-0.39, 0.29) is 0 Å². The van der Waals surface area contributed by atoms with Gasteiger partial charge in [-0.15, -0.1) is 0 Å². The lowest BCUT2D eigenvalue weighted by Crippen LogP contribution is -2.08. The molecule has 0 bridgehead atoms. The van der Waals surface area contributed by atoms with E-state index in [4.69, 9.17) is 4.74 Å². The zero-order valence-electron chi connectivity index (χ0n) is 15.4. The Morgan fingerprint density at radius 1 is 0.885 bits per heavy atom. The Balaban J connectivity index is 1.78. The summed E-state index contributed by atoms with van der Waals surface area (Å²) >= 11 is 0. The van der Waals surface area contributed by atoms with E-state index in [2.05, 4.69) is 37.6 Å². The molecule has 0 aliphatic heterocycles. The molecule has 0 unspecified atom stereocenters. The van der Waals surface area contributed by atoms with E-state index in [1.54, 1.807) is 7.11 Å². The number of ether oxygens (including phenoxy) is 1. The normalized spacial score (nSPS) is 10.3. The van der Waals surface area contributed by atoms with Gasteiger partial charge in [0.25, 0.3) is 0 Å². The summed E-state index contributed by atoms with van der Waals surface area (Å²) in [7, 11) is 5.69. The highest BCUT2D eigenvalue weighted by molar-refractivity contribution is 5.63. The highest BCUT2D eigenvalue weighted by Crippen LogP contribution is 2.23. The van der Waals surface area contributed by atoms with Crippen LogP contribution in [0.25, 0.3) is 0 Å². The molecule has 0 radical (unpaired) electrons. The van der Waals surface area contributed by atoms with Crippen molar-refractivity contribution in [2.24, 2.45) is 0 Å². The average molecular weight is 349 g/mol. The van der Waals surface area contributed by atoms with E-state index in [9.17, 15) is 0 Å². The summed E-state index contributed by atoms with van der Waals surface area (Å²) < 4.78 is 5.25. The number of benzene rings is 2. The Kier molecular flexibility index (Phi) is 5.22. The molecule has 1 aromatic heterocycles. The van der Waals surface area contributed by atoms with E-state index in [1.807, 2.05) is 63.5 Å². The average Bonchev–Trinajstić information content (AvgIpc) is 2.62. The lowest BCUT2D eigenvalue weighted by Gasteiger charge is -2.14. The first-order valence-electron chi connectivity index (χ1n) is 8.34. The van der Waals surface area contributed by atoms with Crippen molar-refractivity contribution in [3.63, 3.8) is 0 Å². The van der Waals surface area contributed by atoms with Crippen molar-refractivity contribution in [1.82, 2.24) is 9.97 Å². The van der Waals surface area contributed by atoms with Crippen LogP contribution in [0.4, 0.5) is 28.8 Å². The maximum Gasteiger partial charge on any atom is 0.229 e. The topological polar surface area (TPSA) is 62.3 Å². The number of nitrogens with zero attached hydrogens (tertiary/aromatic N) is 3. The Morgan fingerprint density at radius 2 is 1.65 bits per heavy atom. The van der Waals surface area contributed by atoms with Crippen molar-refractivity contribution in [2.75, 3.05) is 36.7 Å². The molecule has 0 atom stereocenters. The predicted octanol–water partition coefficient (Wildman–Crippen LogP) is 4.35. The first-order valence-corrected chi connectivity index (χ1v) is 8.34. The summed E-state index contributed by atoms with van der Waals surface area (Å²) in [5, 5.41) is 6.55. The molecule has 2 N–H and O–H groups in total. The number of anilines is 5. The molecular weight excluding hydrogens is 326 g/mol. The van der Waals surface area contributed by atoms with Gasteiger partial charge >= 0.3 is 0 Å². The smallest absolute Gasteiger partial charge is 0.229 e. The van der Waals surface area contributed by atoms with Crippen LogP contribution in [0.3, 0.4) is 0 Å². The summed E-state index contributed by atoms with van der Waals surface area (Å²) in [4.78, 5) is 11.1. The van der Waals surface area contributed by atoms with Crippen molar-refractivity contribution in [2.45, 2.75) is 6.92 Å². The van der Waals surface area contributed by atoms with Crippen LogP contribution in [0.15, 0.2) is 54.6 Å². The van der Waals surface area contributed by atoms with Gasteiger partial charge in [0.2, 0.25) is 5.95 Å². The third-order valence-corrected chi connectivity index (χ3v) is 3.84. The number of methoxy groups -OCH3 is 1. The maximum absolute atomic E-state index is 5.25. The van der Waals surface area contributed by atoms with Crippen LogP contribution < -0.4 is 20.3 Å². The summed E-state index contributed by atoms with van der Waals surface area (Å²) in [6.45, 7) is 1.94. The molecule has 2 aromatic carbocycles. The molecule has 0 saturated heterocycles. The standard InChI is InChI=1S/C20H23N5O/c1-14-12-19(22-15-8-10-17(11-9-15)25(2)3)24-20(21-14)23-16-6-5-7-18(13-16)26-4/h5-13H,1-4H3,(H2,21,22,23,24). The van der Waals surface area contributed by atoms with Crippen LogP contribution in [-0.4, -0.2) is 31.2 Å². The van der Waals surface area contributed by atoms with E-state index in [0.29, 0.717) is 5.95 Å². The van der Waals surface area contributed by atoms with Crippen LogP contribution in [0, 0.1) is 6.92 Å². The van der Waals surface area contributed by atoms with Gasteiger partial charge in [-0.2, -0.15) is 4.98 Å². The van der Waals surface area contributed by atoms with E-state index in [0.717, 1.165) is 34.3 Å². The molecule has 0 aliphatic rings. The number of aryl methyl sites for hydroxylation is 1. The maximum atomic E-state index is 5.25. The van der Waals surface area contributed by atoms with Crippen molar-refractivity contribution < 1.29 is 4.74 Å². The van der Waals surface area contributed by atoms with Gasteiger partial charge in [-0.3, -0.25) is 0 Å². The number of nitrogens with one attached hydrogen (secondary N) is 2. The Hall–Kier alpha value is -3.28. The van der Waals surface area contributed by atoms with Gasteiger partial charge in [0.15, 0.2) is 0 Å². The zero-order valence-corrected chi connectivity index (χ0v) is 15.4. The first-order chi connectivity index (χ1) is 12.5. The molecule has 134 valence electrons. The van der Waals surface area contributed by atoms with E-state index >= 15 is 0 Å². The van der Waals surface area contributed by atoms with Gasteiger partial charge in [0, 0.05) is 49.0 Å². The minimum Gasteiger partial charge on any atom is -0.497 e. The summed E-state index contributed by atoms with van der Waals surface area (Å²) in [5.41, 5.74) is 3.87.